The Morgan fingerprint density at radius 3 is 2.46 bits per heavy atom. The van der Waals surface area contributed by atoms with Gasteiger partial charge in [-0.25, -0.2) is 0 Å². The quantitative estimate of drug-likeness (QED) is 0.572. The fraction of sp³-hybridized carbons (Fsp3) is 0.429. The van der Waals surface area contributed by atoms with Gasteiger partial charge in [0.2, 0.25) is 0 Å². The molecule has 6 nitrogen and oxygen atoms in total. The fourth-order valence-electron chi connectivity index (χ4n) is 2.68. The summed E-state index contributed by atoms with van der Waals surface area (Å²) in [6.07, 6.45) is -11.8. The first-order valence-electron chi connectivity index (χ1n) is 13.0. The molecule has 0 bridgehead atoms. The summed E-state index contributed by atoms with van der Waals surface area (Å²) in [5, 5.41) is 39.6. The van der Waals surface area contributed by atoms with E-state index in [2.05, 4.69) is 0 Å². The van der Waals surface area contributed by atoms with E-state index in [4.69, 9.17) is 33.4 Å². The standard InChI is InChI=1S/C21H25ClO6/c1-2-27-15-6-3-12(4-7-15)9-14-10-13(5-8-16(14)22)21-20(26)19(25)18(24)17(11-23)28-21/h3-8,10,17-21,23-26H,2,9,11H2,1H3/t17-,18-,19+,20-,21+/m1/s1/i3D,4D,5D,6D,7D,8D,9D2,10D. The summed E-state index contributed by atoms with van der Waals surface area (Å²) < 4.78 is 86.3. The monoisotopic (exact) mass is 417 g/mol. The molecule has 0 unspecified atom stereocenters. The molecule has 0 aromatic heterocycles. The van der Waals surface area contributed by atoms with Crippen molar-refractivity contribution in [2.45, 2.75) is 43.8 Å². The molecule has 28 heavy (non-hydrogen) atoms. The Kier molecular flexibility index (Phi) is 3.99. The van der Waals surface area contributed by atoms with E-state index in [-0.39, 0.29) is 6.61 Å². The zero-order chi connectivity index (χ0) is 28.1. The normalized spacial score (nSPS) is 32.6. The lowest BCUT2D eigenvalue weighted by molar-refractivity contribution is -0.231. The minimum Gasteiger partial charge on any atom is -0.494 e. The topological polar surface area (TPSA) is 99.4 Å². The molecule has 4 N–H and O–H groups in total. The maximum atomic E-state index is 10.5. The van der Waals surface area contributed by atoms with Gasteiger partial charge in [0, 0.05) is 7.76 Å². The third-order valence-electron chi connectivity index (χ3n) is 4.10. The van der Waals surface area contributed by atoms with Gasteiger partial charge < -0.3 is 29.9 Å². The number of halogens is 1. The van der Waals surface area contributed by atoms with Crippen molar-refractivity contribution in [3.8, 4) is 5.75 Å². The number of aliphatic hydroxyl groups is 4. The zero-order valence-corrected chi connectivity index (χ0v) is 15.5. The summed E-state index contributed by atoms with van der Waals surface area (Å²) in [6.45, 7) is 0.762. The van der Waals surface area contributed by atoms with Crippen LogP contribution in [0.4, 0.5) is 0 Å². The van der Waals surface area contributed by atoms with Crippen LogP contribution in [-0.2, 0) is 11.1 Å². The number of aliphatic hydroxyl groups excluding tert-OH is 4. The summed E-state index contributed by atoms with van der Waals surface area (Å²) in [5.41, 5.74) is -2.20. The molecule has 2 aromatic carbocycles. The lowest BCUT2D eigenvalue weighted by atomic mass is 9.90. The van der Waals surface area contributed by atoms with E-state index in [1.165, 1.54) is 0 Å². The smallest absolute Gasteiger partial charge is 0.119 e. The van der Waals surface area contributed by atoms with Crippen molar-refractivity contribution in [1.29, 1.82) is 0 Å². The van der Waals surface area contributed by atoms with Gasteiger partial charge in [0.15, 0.2) is 0 Å². The van der Waals surface area contributed by atoms with Crippen LogP contribution in [0.25, 0.3) is 0 Å². The van der Waals surface area contributed by atoms with E-state index >= 15 is 0 Å². The summed E-state index contributed by atoms with van der Waals surface area (Å²) in [6, 6.07) is -5.43. The minimum atomic E-state index is -3.04. The second-order valence-electron chi connectivity index (χ2n) is 5.99. The number of ether oxygens (including phenoxy) is 2. The Morgan fingerprint density at radius 1 is 1.11 bits per heavy atom. The van der Waals surface area contributed by atoms with Gasteiger partial charge in [-0.3, -0.25) is 0 Å². The van der Waals surface area contributed by atoms with Crippen LogP contribution in [0.1, 0.15) is 42.1 Å². The van der Waals surface area contributed by atoms with Crippen molar-refractivity contribution in [1.82, 2.24) is 0 Å². The second kappa shape index (κ2) is 9.22. The predicted molar refractivity (Wildman–Crippen MR) is 105 cm³/mol. The maximum absolute atomic E-state index is 10.5. The first-order valence-corrected chi connectivity index (χ1v) is 8.86. The molecule has 1 heterocycles. The van der Waals surface area contributed by atoms with Gasteiger partial charge in [-0.05, 0) is 48.1 Å². The minimum absolute atomic E-state index is 0.0151. The van der Waals surface area contributed by atoms with Gasteiger partial charge >= 0.3 is 0 Å². The van der Waals surface area contributed by atoms with Gasteiger partial charge in [-0.1, -0.05) is 35.8 Å². The molecular formula is C21H25ClO6. The number of rotatable bonds is 6. The van der Waals surface area contributed by atoms with Crippen molar-refractivity contribution < 1.29 is 42.2 Å². The number of benzene rings is 2. The molecule has 0 saturated carbocycles. The third kappa shape index (κ3) is 4.49. The third-order valence-corrected chi connectivity index (χ3v) is 4.39. The lowest BCUT2D eigenvalue weighted by Crippen LogP contribution is -2.55. The highest BCUT2D eigenvalue weighted by molar-refractivity contribution is 6.31. The van der Waals surface area contributed by atoms with Crippen LogP contribution in [0, 0.1) is 0 Å². The van der Waals surface area contributed by atoms with E-state index < -0.39 is 113 Å². The van der Waals surface area contributed by atoms with E-state index in [1.54, 1.807) is 6.92 Å². The Balaban J connectivity index is 2.33. The highest BCUT2D eigenvalue weighted by Gasteiger charge is 2.43. The molecule has 1 aliphatic heterocycles. The van der Waals surface area contributed by atoms with Crippen molar-refractivity contribution in [2.24, 2.45) is 0 Å². The van der Waals surface area contributed by atoms with Gasteiger partial charge in [-0.2, -0.15) is 0 Å². The van der Waals surface area contributed by atoms with Gasteiger partial charge in [0.05, 0.1) is 22.8 Å². The molecular weight excluding hydrogens is 384 g/mol. The van der Waals surface area contributed by atoms with Crippen molar-refractivity contribution in [2.75, 3.05) is 13.2 Å². The average molecular weight is 418 g/mol. The molecule has 1 aliphatic rings. The molecule has 152 valence electrons. The van der Waals surface area contributed by atoms with Crippen LogP contribution in [-0.4, -0.2) is 58.1 Å². The number of hydrogen-bond acceptors (Lipinski definition) is 6. The largest absolute Gasteiger partial charge is 0.494 e. The molecule has 5 atom stereocenters. The van der Waals surface area contributed by atoms with Crippen LogP contribution in [0.2, 0.25) is 5.02 Å². The molecule has 1 saturated heterocycles. The molecule has 2 aromatic rings. The molecule has 0 amide bonds. The summed E-state index contributed by atoms with van der Waals surface area (Å²) in [5.74, 6) is -0.404. The van der Waals surface area contributed by atoms with Crippen molar-refractivity contribution in [3.05, 3.63) is 64.0 Å². The van der Waals surface area contributed by atoms with Crippen LogP contribution in [0.5, 0.6) is 5.75 Å². The first kappa shape index (κ1) is 12.1. The van der Waals surface area contributed by atoms with Crippen LogP contribution in [0.3, 0.4) is 0 Å². The molecule has 1 fully saturated rings. The highest BCUT2D eigenvalue weighted by Crippen LogP contribution is 2.34. The van der Waals surface area contributed by atoms with Crippen LogP contribution >= 0.6 is 11.6 Å². The molecule has 0 spiro atoms. The van der Waals surface area contributed by atoms with Gasteiger partial charge in [0.25, 0.3) is 0 Å². The molecule has 7 heteroatoms. The Morgan fingerprint density at radius 2 is 1.82 bits per heavy atom. The zero-order valence-electron chi connectivity index (χ0n) is 23.8. The van der Waals surface area contributed by atoms with Crippen LogP contribution in [0.15, 0.2) is 42.3 Å². The molecule has 0 aliphatic carbocycles. The van der Waals surface area contributed by atoms with Crippen molar-refractivity contribution >= 4 is 11.6 Å². The van der Waals surface area contributed by atoms with E-state index in [9.17, 15) is 20.4 Å². The summed E-state index contributed by atoms with van der Waals surface area (Å²) in [7, 11) is 0. The van der Waals surface area contributed by atoms with E-state index in [0.29, 0.717) is 0 Å². The highest BCUT2D eigenvalue weighted by atomic mass is 35.5. The van der Waals surface area contributed by atoms with E-state index in [1.807, 2.05) is 0 Å². The number of hydrogen-bond donors (Lipinski definition) is 4. The van der Waals surface area contributed by atoms with E-state index in [0.717, 1.165) is 0 Å². The molecule has 0 radical (unpaired) electrons. The first-order chi connectivity index (χ1) is 17.1. The predicted octanol–water partition coefficient (Wildman–Crippen LogP) is 1.84. The fourth-order valence-corrected chi connectivity index (χ4v) is 2.82. The Hall–Kier alpha value is -1.67. The Labute approximate surface area is 181 Å². The van der Waals surface area contributed by atoms with Crippen molar-refractivity contribution in [3.63, 3.8) is 0 Å². The lowest BCUT2D eigenvalue weighted by Gasteiger charge is -2.40. The summed E-state index contributed by atoms with van der Waals surface area (Å²) in [4.78, 5) is 0. The van der Waals surface area contributed by atoms with Gasteiger partial charge in [-0.15, -0.1) is 0 Å². The Bertz CT molecular complexity index is 1180. The van der Waals surface area contributed by atoms with Gasteiger partial charge in [0.1, 0.15) is 36.3 Å². The summed E-state index contributed by atoms with van der Waals surface area (Å²) >= 11 is 6.22. The maximum Gasteiger partial charge on any atom is 0.119 e. The van der Waals surface area contributed by atoms with Crippen LogP contribution < -0.4 is 4.74 Å². The SMILES string of the molecule is [2H]c1c([2H])c([C@@H]2O[C@H](CO)[C@@H](O)[C@H](O)[C@H]2O)c([2H])c(C([2H])([2H])c2c([2H])c([2H])c(OCC)c([2H])c2[2H])c1Cl. The second-order valence-corrected chi connectivity index (χ2v) is 6.37. The average Bonchev–Trinajstić information content (AvgIpc) is 2.84. The molecule has 3 rings (SSSR count).